The lowest BCUT2D eigenvalue weighted by atomic mass is 9.79. The fourth-order valence-electron chi connectivity index (χ4n) is 5.27. The lowest BCUT2D eigenvalue weighted by Crippen LogP contribution is -2.54. The van der Waals surface area contributed by atoms with Crippen molar-refractivity contribution in [2.75, 3.05) is 16.3 Å². The topological polar surface area (TPSA) is 52.7 Å². The van der Waals surface area contributed by atoms with Crippen molar-refractivity contribution in [3.8, 4) is 0 Å². The van der Waals surface area contributed by atoms with Gasteiger partial charge in [-0.2, -0.15) is 0 Å². The molecule has 1 fully saturated rings. The largest absolute Gasteiger partial charge is 0.366 e. The van der Waals surface area contributed by atoms with E-state index < -0.39 is 11.8 Å². The molecule has 0 radical (unpaired) electrons. The fraction of sp³-hybridized carbons (Fsp3) is 0.370. The van der Waals surface area contributed by atoms with Gasteiger partial charge in [0.25, 0.3) is 11.8 Å². The van der Waals surface area contributed by atoms with Gasteiger partial charge >= 0.3 is 0 Å². The van der Waals surface area contributed by atoms with E-state index in [-0.39, 0.29) is 16.2 Å². The SMILES string of the molecule is CCc1ccccc1N1C(=O)/C(=C/c2ccc3c(c2)[C@@H](C)CC(C)(C)N3CC)C(=O)NC1=S. The van der Waals surface area contributed by atoms with Gasteiger partial charge in [0.2, 0.25) is 0 Å². The molecule has 1 atom stereocenters. The quantitative estimate of drug-likeness (QED) is 0.387. The summed E-state index contributed by atoms with van der Waals surface area (Å²) in [7, 11) is 0. The molecule has 172 valence electrons. The molecule has 0 unspecified atom stereocenters. The van der Waals surface area contributed by atoms with Gasteiger partial charge in [0.1, 0.15) is 5.57 Å². The van der Waals surface area contributed by atoms with Crippen LogP contribution in [0.1, 0.15) is 63.6 Å². The van der Waals surface area contributed by atoms with Crippen molar-refractivity contribution in [2.24, 2.45) is 0 Å². The van der Waals surface area contributed by atoms with E-state index in [2.05, 4.69) is 50.0 Å². The smallest absolute Gasteiger partial charge is 0.270 e. The minimum atomic E-state index is -0.461. The molecule has 4 rings (SSSR count). The molecule has 2 aromatic carbocycles. The monoisotopic (exact) mass is 461 g/mol. The van der Waals surface area contributed by atoms with E-state index in [1.165, 1.54) is 16.2 Å². The Balaban J connectivity index is 1.74. The number of benzene rings is 2. The maximum absolute atomic E-state index is 13.5. The Bertz CT molecular complexity index is 1170. The molecule has 2 aliphatic heterocycles. The van der Waals surface area contributed by atoms with Crippen molar-refractivity contribution in [1.82, 2.24) is 5.32 Å². The van der Waals surface area contributed by atoms with Crippen molar-refractivity contribution in [3.63, 3.8) is 0 Å². The van der Waals surface area contributed by atoms with Gasteiger partial charge < -0.3 is 4.90 Å². The average molecular weight is 462 g/mol. The number of rotatable bonds is 4. The number of nitrogens with zero attached hydrogens (tertiary/aromatic N) is 2. The standard InChI is InChI=1S/C27H31N3O2S/c1-6-19-10-8-9-11-22(19)30-25(32)21(24(31)28-26(30)33)15-18-12-13-23-20(14-18)17(3)16-27(4,5)29(23)7-2/h8-15,17H,6-7,16H2,1-5H3,(H,28,31,33)/b21-15+/t17-/m0/s1. The lowest BCUT2D eigenvalue weighted by molar-refractivity contribution is -0.122. The van der Waals surface area contributed by atoms with Crippen LogP contribution in [0.3, 0.4) is 0 Å². The Morgan fingerprint density at radius 3 is 2.55 bits per heavy atom. The number of nitrogens with one attached hydrogen (secondary N) is 1. The van der Waals surface area contributed by atoms with E-state index in [0.717, 1.165) is 30.5 Å². The molecule has 2 heterocycles. The third-order valence-corrected chi connectivity index (χ3v) is 7.04. The highest BCUT2D eigenvalue weighted by Crippen LogP contribution is 2.43. The third-order valence-electron chi connectivity index (χ3n) is 6.75. The second kappa shape index (κ2) is 8.75. The Labute approximate surface area is 201 Å². The maximum Gasteiger partial charge on any atom is 0.270 e. The zero-order chi connectivity index (χ0) is 23.9. The fourth-order valence-corrected chi connectivity index (χ4v) is 5.54. The number of carbonyl (C=O) groups is 2. The van der Waals surface area contributed by atoms with Crippen molar-refractivity contribution >= 4 is 46.6 Å². The molecular weight excluding hydrogens is 430 g/mol. The van der Waals surface area contributed by atoms with Gasteiger partial charge in [-0.15, -0.1) is 0 Å². The molecule has 0 aliphatic carbocycles. The minimum absolute atomic E-state index is 0.0865. The van der Waals surface area contributed by atoms with Gasteiger partial charge in [-0.25, -0.2) is 0 Å². The highest BCUT2D eigenvalue weighted by atomic mass is 32.1. The van der Waals surface area contributed by atoms with Gasteiger partial charge in [-0.3, -0.25) is 19.8 Å². The molecule has 2 aromatic rings. The summed E-state index contributed by atoms with van der Waals surface area (Å²) in [5.41, 5.74) is 5.19. The Morgan fingerprint density at radius 2 is 1.85 bits per heavy atom. The van der Waals surface area contributed by atoms with Crippen LogP contribution < -0.4 is 15.1 Å². The third kappa shape index (κ3) is 4.08. The first-order valence-corrected chi connectivity index (χ1v) is 12.0. The van der Waals surface area contributed by atoms with Gasteiger partial charge in [0, 0.05) is 17.8 Å². The molecule has 5 nitrogen and oxygen atoms in total. The van der Waals surface area contributed by atoms with Crippen molar-refractivity contribution in [1.29, 1.82) is 0 Å². The van der Waals surface area contributed by atoms with Crippen LogP contribution in [0.4, 0.5) is 11.4 Å². The van der Waals surface area contributed by atoms with Crippen LogP contribution in [0.2, 0.25) is 0 Å². The summed E-state index contributed by atoms with van der Waals surface area (Å²) in [4.78, 5) is 30.1. The van der Waals surface area contributed by atoms with Crippen molar-refractivity contribution < 1.29 is 9.59 Å². The van der Waals surface area contributed by atoms with Crippen LogP contribution in [-0.4, -0.2) is 29.0 Å². The molecular formula is C27H31N3O2S. The Morgan fingerprint density at radius 1 is 1.12 bits per heavy atom. The van der Waals surface area contributed by atoms with Crippen LogP contribution in [0.15, 0.2) is 48.0 Å². The lowest BCUT2D eigenvalue weighted by Gasteiger charge is -2.47. The van der Waals surface area contributed by atoms with E-state index in [1.54, 1.807) is 6.08 Å². The van der Waals surface area contributed by atoms with Gasteiger partial charge in [0.15, 0.2) is 5.11 Å². The predicted molar refractivity (Wildman–Crippen MR) is 139 cm³/mol. The summed E-state index contributed by atoms with van der Waals surface area (Å²) in [6.07, 6.45) is 3.48. The highest BCUT2D eigenvalue weighted by Gasteiger charge is 2.37. The summed E-state index contributed by atoms with van der Waals surface area (Å²) in [6.45, 7) is 11.9. The number of thiocarbonyl (C=S) groups is 1. The molecule has 1 saturated heterocycles. The Hall–Kier alpha value is -2.99. The molecule has 0 saturated carbocycles. The molecule has 2 amide bonds. The summed E-state index contributed by atoms with van der Waals surface area (Å²) < 4.78 is 0. The van der Waals surface area contributed by atoms with E-state index in [0.29, 0.717) is 11.6 Å². The van der Waals surface area contributed by atoms with E-state index >= 15 is 0 Å². The summed E-state index contributed by atoms with van der Waals surface area (Å²) in [6, 6.07) is 13.8. The van der Waals surface area contributed by atoms with Crippen molar-refractivity contribution in [3.05, 3.63) is 64.7 Å². The van der Waals surface area contributed by atoms with Crippen LogP contribution >= 0.6 is 12.2 Å². The normalized spacial score (nSPS) is 21.3. The summed E-state index contributed by atoms with van der Waals surface area (Å²) in [5, 5.41) is 2.81. The number of anilines is 2. The Kier molecular flexibility index (Phi) is 6.14. The first kappa shape index (κ1) is 23.2. The second-order valence-electron chi connectivity index (χ2n) is 9.42. The first-order chi connectivity index (χ1) is 15.7. The number of amides is 2. The van der Waals surface area contributed by atoms with Gasteiger partial charge in [-0.05, 0) is 92.7 Å². The molecule has 33 heavy (non-hydrogen) atoms. The molecule has 6 heteroatoms. The molecule has 1 N–H and O–H groups in total. The number of aryl methyl sites for hydroxylation is 1. The molecule has 0 aromatic heterocycles. The number of carbonyl (C=O) groups excluding carboxylic acids is 2. The second-order valence-corrected chi connectivity index (χ2v) is 9.81. The number of para-hydroxylation sites is 1. The average Bonchev–Trinajstić information content (AvgIpc) is 2.77. The highest BCUT2D eigenvalue weighted by molar-refractivity contribution is 7.80. The molecule has 2 aliphatic rings. The van der Waals surface area contributed by atoms with Crippen LogP contribution in [0.5, 0.6) is 0 Å². The number of fused-ring (bicyclic) bond motifs is 1. The minimum Gasteiger partial charge on any atom is -0.366 e. The predicted octanol–water partition coefficient (Wildman–Crippen LogP) is 5.19. The summed E-state index contributed by atoms with van der Waals surface area (Å²) in [5.74, 6) is -0.475. The van der Waals surface area contributed by atoms with Crippen LogP contribution in [-0.2, 0) is 16.0 Å². The zero-order valence-corrected chi connectivity index (χ0v) is 20.8. The summed E-state index contributed by atoms with van der Waals surface area (Å²) >= 11 is 5.37. The van der Waals surface area contributed by atoms with Gasteiger partial charge in [0.05, 0.1) is 5.69 Å². The first-order valence-electron chi connectivity index (χ1n) is 11.6. The van der Waals surface area contributed by atoms with Crippen LogP contribution in [0, 0.1) is 0 Å². The molecule has 0 spiro atoms. The molecule has 0 bridgehead atoms. The number of hydrogen-bond acceptors (Lipinski definition) is 4. The van der Waals surface area contributed by atoms with Crippen molar-refractivity contribution in [2.45, 2.75) is 58.9 Å². The van der Waals surface area contributed by atoms with Gasteiger partial charge in [-0.1, -0.05) is 38.1 Å². The van der Waals surface area contributed by atoms with E-state index in [9.17, 15) is 9.59 Å². The zero-order valence-electron chi connectivity index (χ0n) is 19.9. The van der Waals surface area contributed by atoms with E-state index in [4.69, 9.17) is 12.2 Å². The number of hydrogen-bond donors (Lipinski definition) is 1. The van der Waals surface area contributed by atoms with Crippen LogP contribution in [0.25, 0.3) is 6.08 Å². The maximum atomic E-state index is 13.5. The van der Waals surface area contributed by atoms with E-state index in [1.807, 2.05) is 37.3 Å².